The maximum absolute atomic E-state index is 13.3. The fourth-order valence-corrected chi connectivity index (χ4v) is 5.09. The first-order valence-electron chi connectivity index (χ1n) is 12.4. The molecule has 0 saturated carbocycles. The Morgan fingerprint density at radius 2 is 1.76 bits per heavy atom. The van der Waals surface area contributed by atoms with E-state index in [1.807, 2.05) is 54.8 Å². The lowest BCUT2D eigenvalue weighted by Crippen LogP contribution is -2.52. The molecule has 2 aliphatic heterocycles. The van der Waals surface area contributed by atoms with Gasteiger partial charge in [-0.3, -0.25) is 9.59 Å². The fourth-order valence-electron chi connectivity index (χ4n) is 4.99. The molecule has 8 heteroatoms. The molecule has 0 aromatic heterocycles. The molecular weight excluding hydrogens is 454 g/mol. The third-order valence-corrected chi connectivity index (χ3v) is 7.68. The second-order valence-corrected chi connectivity index (χ2v) is 10.8. The Balaban J connectivity index is 1.76. The van der Waals surface area contributed by atoms with Crippen molar-refractivity contribution in [2.75, 3.05) is 53.4 Å². The lowest BCUT2D eigenvalue weighted by atomic mass is 9.77. The van der Waals surface area contributed by atoms with Crippen LogP contribution in [0.25, 0.3) is 0 Å². The number of nitrogens with zero attached hydrogens (tertiary/aromatic N) is 3. The van der Waals surface area contributed by atoms with Crippen LogP contribution in [0.4, 0.5) is 0 Å². The highest BCUT2D eigenvalue weighted by atomic mass is 35.5. The largest absolute Gasteiger partial charge is 0.493 e. The van der Waals surface area contributed by atoms with Gasteiger partial charge in [-0.25, -0.2) is 0 Å². The van der Waals surface area contributed by atoms with Crippen LogP contribution in [0.5, 0.6) is 5.75 Å². The van der Waals surface area contributed by atoms with Gasteiger partial charge in [0, 0.05) is 56.0 Å². The first-order valence-corrected chi connectivity index (χ1v) is 12.7. The third kappa shape index (κ3) is 7.09. The van der Waals surface area contributed by atoms with E-state index in [0.717, 1.165) is 41.3 Å². The van der Waals surface area contributed by atoms with Gasteiger partial charge in [-0.2, -0.15) is 0 Å². The number of rotatable bonds is 8. The molecule has 2 fully saturated rings. The number of aryl methyl sites for hydroxylation is 2. The summed E-state index contributed by atoms with van der Waals surface area (Å²) in [7, 11) is 3.93. The van der Waals surface area contributed by atoms with Crippen molar-refractivity contribution in [2.24, 2.45) is 5.41 Å². The monoisotopic (exact) mass is 493 g/mol. The van der Waals surface area contributed by atoms with Crippen LogP contribution in [-0.4, -0.2) is 91.2 Å². The zero-order chi connectivity index (χ0) is 24.9. The van der Waals surface area contributed by atoms with Crippen LogP contribution >= 0.6 is 11.6 Å². The van der Waals surface area contributed by atoms with E-state index in [1.54, 1.807) is 0 Å². The molecule has 0 spiro atoms. The van der Waals surface area contributed by atoms with Gasteiger partial charge in [0.25, 0.3) is 0 Å². The van der Waals surface area contributed by atoms with E-state index in [-0.39, 0.29) is 17.9 Å². The van der Waals surface area contributed by atoms with Crippen molar-refractivity contribution >= 4 is 23.4 Å². The van der Waals surface area contributed by atoms with E-state index in [9.17, 15) is 14.7 Å². The number of hydrogen-bond acceptors (Lipinski definition) is 5. The van der Waals surface area contributed by atoms with Gasteiger partial charge in [-0.1, -0.05) is 11.6 Å². The van der Waals surface area contributed by atoms with Crippen LogP contribution in [-0.2, 0) is 9.59 Å². The molecule has 190 valence electrons. The number of amides is 2. The summed E-state index contributed by atoms with van der Waals surface area (Å²) < 4.78 is 6.28. The topological polar surface area (TPSA) is 73.3 Å². The maximum Gasteiger partial charge on any atom is 0.223 e. The SMILES string of the molecule is Cc1cc(OC[C@]2(CC(=O)N3CCC(O)CC3)CCCN(C(=O)CCN(C)C)C2)cc(C)c1Cl. The van der Waals surface area contributed by atoms with E-state index in [0.29, 0.717) is 58.5 Å². The summed E-state index contributed by atoms with van der Waals surface area (Å²) >= 11 is 6.33. The van der Waals surface area contributed by atoms with Gasteiger partial charge in [-0.15, -0.1) is 0 Å². The first-order chi connectivity index (χ1) is 16.1. The van der Waals surface area contributed by atoms with Crippen LogP contribution < -0.4 is 4.74 Å². The normalized spacial score (nSPS) is 21.7. The second kappa shape index (κ2) is 11.7. The van der Waals surface area contributed by atoms with Crippen LogP contribution in [0.3, 0.4) is 0 Å². The predicted molar refractivity (Wildman–Crippen MR) is 134 cm³/mol. The van der Waals surface area contributed by atoms with Gasteiger partial charge in [0.15, 0.2) is 0 Å². The number of carbonyl (C=O) groups excluding carboxylic acids is 2. The lowest BCUT2D eigenvalue weighted by molar-refractivity contribution is -0.142. The predicted octanol–water partition coefficient (Wildman–Crippen LogP) is 3.27. The molecule has 7 nitrogen and oxygen atoms in total. The Morgan fingerprint density at radius 3 is 2.38 bits per heavy atom. The molecule has 2 aliphatic rings. The van der Waals surface area contributed by atoms with Gasteiger partial charge in [0.1, 0.15) is 5.75 Å². The lowest BCUT2D eigenvalue weighted by Gasteiger charge is -2.43. The second-order valence-electron chi connectivity index (χ2n) is 10.4. The highest BCUT2D eigenvalue weighted by Crippen LogP contribution is 2.36. The Labute approximate surface area is 209 Å². The summed E-state index contributed by atoms with van der Waals surface area (Å²) in [4.78, 5) is 32.0. The van der Waals surface area contributed by atoms with Crippen molar-refractivity contribution in [3.05, 3.63) is 28.3 Å². The smallest absolute Gasteiger partial charge is 0.223 e. The van der Waals surface area contributed by atoms with E-state index in [1.165, 1.54) is 0 Å². The number of benzene rings is 1. The molecule has 0 aliphatic carbocycles. The molecule has 1 atom stereocenters. The molecule has 0 bridgehead atoms. The first kappa shape index (κ1) is 26.8. The summed E-state index contributed by atoms with van der Waals surface area (Å²) in [6, 6.07) is 3.86. The van der Waals surface area contributed by atoms with Crippen molar-refractivity contribution in [3.8, 4) is 5.75 Å². The van der Waals surface area contributed by atoms with Crippen molar-refractivity contribution in [1.29, 1.82) is 0 Å². The number of piperidine rings is 2. The fraction of sp³-hybridized carbons (Fsp3) is 0.692. The summed E-state index contributed by atoms with van der Waals surface area (Å²) in [5.41, 5.74) is 1.47. The molecule has 3 rings (SSSR count). The van der Waals surface area contributed by atoms with Gasteiger partial charge < -0.3 is 24.5 Å². The number of ether oxygens (including phenoxy) is 1. The highest BCUT2D eigenvalue weighted by Gasteiger charge is 2.41. The molecule has 0 unspecified atom stereocenters. The average Bonchev–Trinajstić information content (AvgIpc) is 2.80. The number of carbonyl (C=O) groups is 2. The Morgan fingerprint density at radius 1 is 1.12 bits per heavy atom. The standard InChI is InChI=1S/C26H40ClN3O4/c1-19-14-22(15-20(2)25(19)27)34-18-26(16-24(33)29-12-6-21(31)7-13-29)9-5-10-30(17-26)23(32)8-11-28(3)4/h14-15,21,31H,5-13,16-18H2,1-4H3/t26-/m0/s1. The molecule has 34 heavy (non-hydrogen) atoms. The number of aliphatic hydroxyl groups is 1. The van der Waals surface area contributed by atoms with Crippen molar-refractivity contribution in [1.82, 2.24) is 14.7 Å². The Hall–Kier alpha value is -1.83. The van der Waals surface area contributed by atoms with Gasteiger partial charge in [0.2, 0.25) is 11.8 Å². The van der Waals surface area contributed by atoms with Gasteiger partial charge >= 0.3 is 0 Å². The minimum absolute atomic E-state index is 0.0848. The minimum Gasteiger partial charge on any atom is -0.493 e. The third-order valence-electron chi connectivity index (χ3n) is 7.09. The van der Waals surface area contributed by atoms with Crippen LogP contribution in [0.15, 0.2) is 12.1 Å². The number of halogens is 1. The number of hydrogen-bond donors (Lipinski definition) is 1. The molecule has 1 N–H and O–H groups in total. The van der Waals surface area contributed by atoms with E-state index >= 15 is 0 Å². The molecule has 1 aromatic rings. The Kier molecular flexibility index (Phi) is 9.24. The number of likely N-dealkylation sites (tertiary alicyclic amines) is 2. The summed E-state index contributed by atoms with van der Waals surface area (Å²) in [5.74, 6) is 0.953. The van der Waals surface area contributed by atoms with Crippen LogP contribution in [0.1, 0.15) is 49.7 Å². The summed E-state index contributed by atoms with van der Waals surface area (Å²) in [5, 5.41) is 10.6. The highest BCUT2D eigenvalue weighted by molar-refractivity contribution is 6.32. The molecule has 2 amide bonds. The molecular formula is C26H40ClN3O4. The van der Waals surface area contributed by atoms with Crippen molar-refractivity contribution < 1.29 is 19.4 Å². The van der Waals surface area contributed by atoms with Crippen LogP contribution in [0.2, 0.25) is 5.02 Å². The average molecular weight is 494 g/mol. The van der Waals surface area contributed by atoms with Crippen molar-refractivity contribution in [2.45, 2.75) is 58.5 Å². The summed E-state index contributed by atoms with van der Waals surface area (Å²) in [6.45, 7) is 7.39. The molecule has 1 aromatic carbocycles. The van der Waals surface area contributed by atoms with Crippen LogP contribution in [0, 0.1) is 19.3 Å². The van der Waals surface area contributed by atoms with Gasteiger partial charge in [-0.05, 0) is 76.9 Å². The number of aliphatic hydroxyl groups excluding tert-OH is 1. The molecule has 2 saturated heterocycles. The quantitative estimate of drug-likeness (QED) is 0.601. The molecule has 0 radical (unpaired) electrons. The maximum atomic E-state index is 13.3. The Bertz CT molecular complexity index is 847. The summed E-state index contributed by atoms with van der Waals surface area (Å²) in [6.07, 6.45) is 3.41. The van der Waals surface area contributed by atoms with Gasteiger partial charge in [0.05, 0.1) is 12.7 Å². The van der Waals surface area contributed by atoms with E-state index < -0.39 is 5.41 Å². The van der Waals surface area contributed by atoms with Crippen molar-refractivity contribution in [3.63, 3.8) is 0 Å². The van der Waals surface area contributed by atoms with E-state index in [4.69, 9.17) is 16.3 Å². The zero-order valence-corrected chi connectivity index (χ0v) is 21.9. The van der Waals surface area contributed by atoms with E-state index in [2.05, 4.69) is 0 Å². The zero-order valence-electron chi connectivity index (χ0n) is 21.1. The molecule has 2 heterocycles. The minimum atomic E-state index is -0.444.